The lowest BCUT2D eigenvalue weighted by Gasteiger charge is -2.08. The number of hydrogen-bond acceptors (Lipinski definition) is 5. The van der Waals surface area contributed by atoms with Crippen LogP contribution in [0.25, 0.3) is 0 Å². The zero-order valence-electron chi connectivity index (χ0n) is 11.5. The second kappa shape index (κ2) is 7.11. The Morgan fingerprint density at radius 1 is 1.32 bits per heavy atom. The van der Waals surface area contributed by atoms with Crippen LogP contribution in [0, 0.1) is 15.9 Å². The lowest BCUT2D eigenvalue weighted by atomic mass is 10.2. The normalized spacial score (nSPS) is 10.0. The molecule has 0 bridgehead atoms. The highest BCUT2D eigenvalue weighted by molar-refractivity contribution is 5.93. The average molecular weight is 304 g/mol. The van der Waals surface area contributed by atoms with Gasteiger partial charge in [-0.25, -0.2) is 4.39 Å². The third kappa shape index (κ3) is 3.98. The molecule has 0 aliphatic carbocycles. The Labute approximate surface area is 125 Å². The SMILES string of the molecule is O=C(NCCNc1ccc(F)cc1[N+](=O)[O-])c1cccnc1. The highest BCUT2D eigenvalue weighted by atomic mass is 19.1. The van der Waals surface area contributed by atoms with Gasteiger partial charge in [0, 0.05) is 25.5 Å². The maximum Gasteiger partial charge on any atom is 0.295 e. The summed E-state index contributed by atoms with van der Waals surface area (Å²) < 4.78 is 13.0. The summed E-state index contributed by atoms with van der Waals surface area (Å²) in [5, 5.41) is 16.3. The van der Waals surface area contributed by atoms with Crippen LogP contribution in [-0.2, 0) is 0 Å². The number of carbonyl (C=O) groups excluding carboxylic acids is 1. The summed E-state index contributed by atoms with van der Waals surface area (Å²) in [6.07, 6.45) is 3.00. The van der Waals surface area contributed by atoms with Gasteiger partial charge in [-0.15, -0.1) is 0 Å². The fourth-order valence-electron chi connectivity index (χ4n) is 1.78. The Balaban J connectivity index is 1.87. The van der Waals surface area contributed by atoms with Gasteiger partial charge in [-0.1, -0.05) is 0 Å². The smallest absolute Gasteiger partial charge is 0.295 e. The maximum atomic E-state index is 13.0. The molecule has 8 heteroatoms. The Kier molecular flexibility index (Phi) is 4.97. The molecule has 1 amide bonds. The van der Waals surface area contributed by atoms with Crippen LogP contribution in [0.3, 0.4) is 0 Å². The van der Waals surface area contributed by atoms with E-state index >= 15 is 0 Å². The Morgan fingerprint density at radius 2 is 2.14 bits per heavy atom. The van der Waals surface area contributed by atoms with E-state index in [1.165, 1.54) is 12.3 Å². The molecule has 1 heterocycles. The van der Waals surface area contributed by atoms with Gasteiger partial charge in [0.1, 0.15) is 11.5 Å². The average Bonchev–Trinajstić information content (AvgIpc) is 2.53. The van der Waals surface area contributed by atoms with E-state index in [0.717, 1.165) is 12.1 Å². The summed E-state index contributed by atoms with van der Waals surface area (Å²) in [5.41, 5.74) is 0.274. The maximum absolute atomic E-state index is 13.0. The molecule has 7 nitrogen and oxygen atoms in total. The second-order valence-corrected chi connectivity index (χ2v) is 4.34. The molecular weight excluding hydrogens is 291 g/mol. The van der Waals surface area contributed by atoms with Gasteiger partial charge < -0.3 is 10.6 Å². The molecule has 0 atom stereocenters. The molecule has 0 saturated carbocycles. The van der Waals surface area contributed by atoms with Crippen molar-refractivity contribution in [2.75, 3.05) is 18.4 Å². The van der Waals surface area contributed by atoms with Crippen LogP contribution < -0.4 is 10.6 Å². The number of nitro benzene ring substituents is 1. The summed E-state index contributed by atoms with van der Waals surface area (Å²) in [5.74, 6) is -0.967. The van der Waals surface area contributed by atoms with Crippen LogP contribution in [-0.4, -0.2) is 28.9 Å². The highest BCUT2D eigenvalue weighted by Gasteiger charge is 2.14. The van der Waals surface area contributed by atoms with Crippen molar-refractivity contribution in [2.24, 2.45) is 0 Å². The van der Waals surface area contributed by atoms with Crippen molar-refractivity contribution in [1.82, 2.24) is 10.3 Å². The Bertz CT molecular complexity index is 679. The predicted molar refractivity (Wildman–Crippen MR) is 78.1 cm³/mol. The van der Waals surface area contributed by atoms with Crippen LogP contribution in [0.4, 0.5) is 15.8 Å². The summed E-state index contributed by atoms with van der Waals surface area (Å²) in [7, 11) is 0. The van der Waals surface area contributed by atoms with Gasteiger partial charge in [0.2, 0.25) is 0 Å². The first-order chi connectivity index (χ1) is 10.6. The van der Waals surface area contributed by atoms with Crippen molar-refractivity contribution in [3.8, 4) is 0 Å². The molecular formula is C14H13FN4O3. The zero-order chi connectivity index (χ0) is 15.9. The number of rotatable bonds is 6. The number of carbonyl (C=O) groups is 1. The standard InChI is InChI=1S/C14H13FN4O3/c15-11-3-4-12(13(8-11)19(21)22)17-6-7-18-14(20)10-2-1-5-16-9-10/h1-5,8-9,17H,6-7H2,(H,18,20). The van der Waals surface area contributed by atoms with Gasteiger partial charge in [-0.3, -0.25) is 19.9 Å². The van der Waals surface area contributed by atoms with Crippen LogP contribution in [0.1, 0.15) is 10.4 Å². The topological polar surface area (TPSA) is 97.2 Å². The fraction of sp³-hybridized carbons (Fsp3) is 0.143. The molecule has 0 aliphatic heterocycles. The summed E-state index contributed by atoms with van der Waals surface area (Å²) in [6.45, 7) is 0.515. The van der Waals surface area contributed by atoms with E-state index in [-0.39, 0.29) is 30.4 Å². The van der Waals surface area contributed by atoms with Crippen LogP contribution in [0.2, 0.25) is 0 Å². The number of nitrogens with one attached hydrogen (secondary N) is 2. The van der Waals surface area contributed by atoms with Crippen LogP contribution >= 0.6 is 0 Å². The molecule has 1 aromatic carbocycles. The fourth-order valence-corrected chi connectivity index (χ4v) is 1.78. The van der Waals surface area contributed by atoms with Gasteiger partial charge in [0.25, 0.3) is 11.6 Å². The summed E-state index contributed by atoms with van der Waals surface area (Å²) >= 11 is 0. The van der Waals surface area contributed by atoms with Gasteiger partial charge in [0.05, 0.1) is 16.6 Å². The van der Waals surface area contributed by atoms with E-state index < -0.39 is 10.7 Å². The number of hydrogen-bond donors (Lipinski definition) is 2. The predicted octanol–water partition coefficient (Wildman–Crippen LogP) is 1.97. The lowest BCUT2D eigenvalue weighted by molar-refractivity contribution is -0.384. The minimum absolute atomic E-state index is 0.196. The van der Waals surface area contributed by atoms with E-state index in [2.05, 4.69) is 15.6 Å². The first kappa shape index (κ1) is 15.4. The minimum atomic E-state index is -0.679. The highest BCUT2D eigenvalue weighted by Crippen LogP contribution is 2.24. The van der Waals surface area contributed by atoms with E-state index in [1.54, 1.807) is 18.3 Å². The number of halogens is 1. The minimum Gasteiger partial charge on any atom is -0.378 e. The van der Waals surface area contributed by atoms with E-state index in [1.807, 2.05) is 0 Å². The van der Waals surface area contributed by atoms with Gasteiger partial charge in [-0.2, -0.15) is 0 Å². The molecule has 2 N–H and O–H groups in total. The quantitative estimate of drug-likeness (QED) is 0.483. The molecule has 0 aliphatic rings. The third-order valence-corrected chi connectivity index (χ3v) is 2.81. The molecule has 2 aromatic rings. The molecule has 114 valence electrons. The van der Waals surface area contributed by atoms with Crippen molar-refractivity contribution < 1.29 is 14.1 Å². The van der Waals surface area contributed by atoms with Gasteiger partial charge in [-0.05, 0) is 24.3 Å². The number of nitrogens with zero attached hydrogens (tertiary/aromatic N) is 2. The van der Waals surface area contributed by atoms with Crippen molar-refractivity contribution in [2.45, 2.75) is 0 Å². The first-order valence-corrected chi connectivity index (χ1v) is 6.44. The molecule has 0 saturated heterocycles. The van der Waals surface area contributed by atoms with Crippen molar-refractivity contribution in [3.05, 3.63) is 64.2 Å². The molecule has 22 heavy (non-hydrogen) atoms. The van der Waals surface area contributed by atoms with E-state index in [0.29, 0.717) is 5.56 Å². The monoisotopic (exact) mass is 304 g/mol. The van der Waals surface area contributed by atoms with Crippen molar-refractivity contribution in [1.29, 1.82) is 0 Å². The third-order valence-electron chi connectivity index (χ3n) is 2.81. The zero-order valence-corrected chi connectivity index (χ0v) is 11.5. The lowest BCUT2D eigenvalue weighted by Crippen LogP contribution is -2.28. The molecule has 0 spiro atoms. The van der Waals surface area contributed by atoms with Crippen LogP contribution in [0.5, 0.6) is 0 Å². The molecule has 2 rings (SSSR count). The van der Waals surface area contributed by atoms with Gasteiger partial charge in [0.15, 0.2) is 0 Å². The van der Waals surface area contributed by atoms with Crippen molar-refractivity contribution >= 4 is 17.3 Å². The van der Waals surface area contributed by atoms with E-state index in [4.69, 9.17) is 0 Å². The Hall–Kier alpha value is -3.03. The Morgan fingerprint density at radius 3 is 2.82 bits per heavy atom. The number of benzene rings is 1. The van der Waals surface area contributed by atoms with Crippen LogP contribution in [0.15, 0.2) is 42.7 Å². The molecule has 0 fully saturated rings. The van der Waals surface area contributed by atoms with E-state index in [9.17, 15) is 19.3 Å². The van der Waals surface area contributed by atoms with Crippen molar-refractivity contribution in [3.63, 3.8) is 0 Å². The van der Waals surface area contributed by atoms with Gasteiger partial charge >= 0.3 is 0 Å². The number of nitro groups is 1. The number of anilines is 1. The molecule has 0 unspecified atom stereocenters. The number of amides is 1. The second-order valence-electron chi connectivity index (χ2n) is 4.34. The summed E-state index contributed by atoms with van der Waals surface area (Å²) in [4.78, 5) is 25.7. The first-order valence-electron chi connectivity index (χ1n) is 6.44. The molecule has 0 radical (unpaired) electrons. The number of aromatic nitrogens is 1. The number of pyridine rings is 1. The molecule has 1 aromatic heterocycles. The largest absolute Gasteiger partial charge is 0.378 e. The summed E-state index contributed by atoms with van der Waals surface area (Å²) in [6, 6.07) is 6.53.